The highest BCUT2D eigenvalue weighted by Crippen LogP contribution is 2.22. The number of nitrogens with two attached hydrogens (primary N) is 4. The Hall–Kier alpha value is -6.58. The van der Waals surface area contributed by atoms with Gasteiger partial charge < -0.3 is 66.6 Å². The first kappa shape index (κ1) is 55.5. The first-order chi connectivity index (χ1) is 27.8. The third-order valence-electron chi connectivity index (χ3n) is 7.81. The zero-order chi connectivity index (χ0) is 46.9. The molecule has 18 N–H and O–H groups in total. The molecule has 0 aliphatic rings. The van der Waals surface area contributed by atoms with Crippen molar-refractivity contribution in [2.24, 2.45) is 29.0 Å². The molecule has 0 aliphatic heterocycles. The van der Waals surface area contributed by atoms with E-state index in [1.165, 1.54) is 24.7 Å². The third kappa shape index (κ3) is 21.3. The molecule has 0 fully saturated rings. The average Bonchev–Trinajstić information content (AvgIpc) is 3.64. The summed E-state index contributed by atoms with van der Waals surface area (Å²) in [5.41, 5.74) is 17.2. The van der Waals surface area contributed by atoms with Crippen LogP contribution in [-0.2, 0) is 52.8 Å². The highest BCUT2D eigenvalue weighted by atomic mass is 16.7. The first-order valence-electron chi connectivity index (χ1n) is 17.3. The van der Waals surface area contributed by atoms with Gasteiger partial charge in [-0.15, -0.1) is 0 Å². The number of aldehydes is 1. The molecule has 26 heteroatoms. The highest BCUT2D eigenvalue weighted by molar-refractivity contribution is 5.99. The normalized spacial score (nSPS) is 14.3. The number of carboxylic acid groups (broad SMARTS) is 6. The summed E-state index contributed by atoms with van der Waals surface area (Å²) in [5.74, 6) is -6.71. The Kier molecular flexibility index (Phi) is 25.9. The molecular formula is C34H51N7O19. The van der Waals surface area contributed by atoms with Crippen LogP contribution in [0.2, 0.25) is 0 Å². The van der Waals surface area contributed by atoms with Crippen molar-refractivity contribution in [3.05, 3.63) is 36.3 Å². The van der Waals surface area contributed by atoms with Crippen molar-refractivity contribution in [1.82, 2.24) is 16.2 Å². The molecule has 1 heterocycles. The van der Waals surface area contributed by atoms with Crippen LogP contribution in [0, 0.1) is 5.92 Å². The van der Waals surface area contributed by atoms with E-state index in [0.29, 0.717) is 11.7 Å². The van der Waals surface area contributed by atoms with Gasteiger partial charge in [0.15, 0.2) is 0 Å². The molecule has 60 heavy (non-hydrogen) atoms. The minimum atomic E-state index is -2.66. The summed E-state index contributed by atoms with van der Waals surface area (Å²) in [6.07, 6.45) is 0.498. The molecule has 1 aromatic carbocycles. The minimum absolute atomic E-state index is 0.0127. The summed E-state index contributed by atoms with van der Waals surface area (Å²) in [6.45, 7) is 4.72. The predicted octanol–water partition coefficient (Wildman–Crippen LogP) is -2.61. The number of carbonyl (C=O) groups is 10. The number of amides is 2. The van der Waals surface area contributed by atoms with E-state index in [0.717, 1.165) is 18.7 Å². The van der Waals surface area contributed by atoms with Crippen LogP contribution >= 0.6 is 0 Å². The molecule has 7 atom stereocenters. The Balaban J connectivity index is 0. The maximum atomic E-state index is 12.3. The molecular weight excluding hydrogens is 810 g/mol. The van der Waals surface area contributed by atoms with Crippen molar-refractivity contribution in [1.29, 1.82) is 0 Å². The van der Waals surface area contributed by atoms with Crippen LogP contribution in [0.1, 0.15) is 70.8 Å². The molecule has 0 radical (unpaired) electrons. The lowest BCUT2D eigenvalue weighted by atomic mass is 9.98. The first-order valence-corrected chi connectivity index (χ1v) is 17.3. The number of aliphatic carboxylic acids is 6. The zero-order valence-electron chi connectivity index (χ0n) is 32.5. The number of hydrazine groups is 1. The lowest BCUT2D eigenvalue weighted by molar-refractivity contribution is -0.172. The number of aliphatic hydroxyl groups is 1. The van der Waals surface area contributed by atoms with Crippen LogP contribution in [0.15, 0.2) is 35.1 Å². The molecule has 2 aromatic rings. The third-order valence-corrected chi connectivity index (χ3v) is 7.81. The second-order valence-electron chi connectivity index (χ2n) is 12.5. The van der Waals surface area contributed by atoms with Gasteiger partial charge in [-0.25, -0.2) is 10.2 Å². The Morgan fingerprint density at radius 3 is 1.82 bits per heavy atom. The fraction of sp³-hybridized carbons (Fsp3) is 0.471. The van der Waals surface area contributed by atoms with Crippen LogP contribution in [0.4, 0.5) is 0 Å². The van der Waals surface area contributed by atoms with Gasteiger partial charge in [0.2, 0.25) is 11.6 Å². The number of hydrogen-bond donors (Lipinski definition) is 14. The second-order valence-corrected chi connectivity index (χ2v) is 12.5. The molecule has 0 aliphatic carbocycles. The van der Waals surface area contributed by atoms with Gasteiger partial charge in [0, 0.05) is 30.5 Å². The molecule has 0 saturated carbocycles. The number of hydrogen-bond acceptors (Lipinski definition) is 18. The fourth-order valence-electron chi connectivity index (χ4n) is 4.05. The van der Waals surface area contributed by atoms with Crippen molar-refractivity contribution in [2.75, 3.05) is 0 Å². The number of hydroxylamine groups is 1. The quantitative estimate of drug-likeness (QED) is 0.0213. The smallest absolute Gasteiger partial charge is 0.374 e. The summed E-state index contributed by atoms with van der Waals surface area (Å²) in [4.78, 5) is 113. The number of carbonyl (C=O) groups excluding carboxylic acids is 4. The number of benzene rings is 1. The van der Waals surface area contributed by atoms with Gasteiger partial charge in [-0.1, -0.05) is 32.4 Å². The van der Waals surface area contributed by atoms with Crippen LogP contribution in [-0.4, -0.2) is 126 Å². The van der Waals surface area contributed by atoms with E-state index < -0.39 is 95.8 Å². The van der Waals surface area contributed by atoms with Gasteiger partial charge in [-0.05, 0) is 30.4 Å². The maximum Gasteiger partial charge on any atom is 0.374 e. The molecule has 336 valence electrons. The number of rotatable bonds is 20. The fourth-order valence-corrected chi connectivity index (χ4v) is 4.05. The van der Waals surface area contributed by atoms with Crippen molar-refractivity contribution in [2.45, 2.75) is 95.1 Å². The summed E-state index contributed by atoms with van der Waals surface area (Å²) >= 11 is 0. The monoisotopic (exact) mass is 861 g/mol. The van der Waals surface area contributed by atoms with Crippen molar-refractivity contribution in [3.63, 3.8) is 0 Å². The lowest BCUT2D eigenvalue weighted by Gasteiger charge is -2.31. The molecule has 0 spiro atoms. The molecule has 0 saturated heterocycles. The molecule has 4 unspecified atom stereocenters. The van der Waals surface area contributed by atoms with Crippen molar-refractivity contribution in [3.8, 4) is 0 Å². The number of fused-ring (bicyclic) bond motifs is 1. The Morgan fingerprint density at radius 1 is 0.850 bits per heavy atom. The van der Waals surface area contributed by atoms with Crippen LogP contribution in [0.25, 0.3) is 10.8 Å². The Bertz CT molecular complexity index is 1790. The number of carboxylic acids is 6. The molecule has 2 amide bonds. The topological polar surface area (TPSA) is 475 Å². The molecule has 2 rings (SSSR count). The summed E-state index contributed by atoms with van der Waals surface area (Å²) in [5, 5.41) is 63.1. The lowest BCUT2D eigenvalue weighted by Crippen LogP contribution is -2.69. The molecule has 1 aromatic heterocycles. The van der Waals surface area contributed by atoms with Crippen molar-refractivity contribution < 1.29 is 92.9 Å². The van der Waals surface area contributed by atoms with Gasteiger partial charge in [0.1, 0.15) is 36.4 Å². The van der Waals surface area contributed by atoms with Crippen molar-refractivity contribution >= 4 is 70.7 Å². The minimum Gasteiger partial charge on any atom is -0.481 e. The van der Waals surface area contributed by atoms with Gasteiger partial charge in [0.25, 0.3) is 5.91 Å². The van der Waals surface area contributed by atoms with E-state index in [1.54, 1.807) is 11.5 Å². The number of nitrogens with one attached hydrogen (secondary N) is 3. The van der Waals surface area contributed by atoms with Crippen LogP contribution < -0.4 is 39.3 Å². The predicted molar refractivity (Wildman–Crippen MR) is 201 cm³/mol. The van der Waals surface area contributed by atoms with E-state index >= 15 is 0 Å². The van der Waals surface area contributed by atoms with E-state index in [9.17, 15) is 53.1 Å². The van der Waals surface area contributed by atoms with E-state index in [2.05, 4.69) is 4.84 Å². The number of furan rings is 1. The van der Waals surface area contributed by atoms with Crippen LogP contribution in [0.3, 0.4) is 0 Å². The standard InChI is InChI=1S/C18H19N3O9.C6H13NO2.C5H10N2O4.C5H9NO4/c1-9(23)20-18(19,14(24)5-15(25)26)17(28)30-21-16(27)13(6-22)10-2-3-11-7-29-8-12(11)4-10;1-3-4(2)5(7)6(8)9;6-7-3(5(10)11)1-2-4(8)9;6-3(5(9)10)1-2-4(7)8/h2-4,6-8,13-14,24H,5,19H2,1H3,(H,20,23)(H,21,27)(H,25,26);4-5H,3,7H2,1-2H3,(H,8,9);3,7H,1-2,6H2,(H,8,9)(H,10,11);3H,1-2,6H2,(H,7,8)(H,9,10)/t13?,14-,18?;4-,5-;;/m00../s1. The van der Waals surface area contributed by atoms with Gasteiger partial charge in [0.05, 0.1) is 18.9 Å². The van der Waals surface area contributed by atoms with Gasteiger partial charge in [-0.3, -0.25) is 49.9 Å². The number of aliphatic hydroxyl groups excluding tert-OH is 1. The van der Waals surface area contributed by atoms with E-state index in [-0.39, 0.29) is 37.2 Å². The maximum absolute atomic E-state index is 12.3. The molecule has 0 bridgehead atoms. The summed E-state index contributed by atoms with van der Waals surface area (Å²) in [7, 11) is 0. The summed E-state index contributed by atoms with van der Waals surface area (Å²) < 4.78 is 5.02. The summed E-state index contributed by atoms with van der Waals surface area (Å²) in [6, 6.07) is 1.91. The average molecular weight is 862 g/mol. The SMILES string of the molecule is CC(=O)NC(N)(C(=O)ONC(=O)C(C=O)c1ccc2cocc2c1)[C@@H](O)CC(=O)O.CC[C@H](C)[C@H](N)C(=O)O.NC(CCC(=O)O)C(=O)O.NNC(CCC(=O)O)C(=O)O. The largest absolute Gasteiger partial charge is 0.481 e. The molecule has 26 nitrogen and oxygen atoms in total. The second kappa shape index (κ2) is 27.9. The van der Waals surface area contributed by atoms with E-state index in [4.69, 9.17) is 58.1 Å². The van der Waals surface area contributed by atoms with Gasteiger partial charge in [-0.2, -0.15) is 5.48 Å². The van der Waals surface area contributed by atoms with Gasteiger partial charge >= 0.3 is 41.8 Å². The van der Waals surface area contributed by atoms with E-state index in [1.807, 2.05) is 24.6 Å². The Morgan fingerprint density at radius 2 is 1.40 bits per heavy atom. The Labute approximate surface area is 340 Å². The highest BCUT2D eigenvalue weighted by Gasteiger charge is 2.46. The zero-order valence-corrected chi connectivity index (χ0v) is 32.5. The van der Waals surface area contributed by atoms with Crippen LogP contribution in [0.5, 0.6) is 0 Å².